The van der Waals surface area contributed by atoms with Crippen LogP contribution in [0.1, 0.15) is 19.0 Å². The van der Waals surface area contributed by atoms with Crippen molar-refractivity contribution in [2.24, 2.45) is 0 Å². The molecule has 5 heteroatoms. The molecular formula is C16H19N3O2. The topological polar surface area (TPSA) is 55.2 Å². The van der Waals surface area contributed by atoms with Gasteiger partial charge >= 0.3 is 0 Å². The zero-order chi connectivity index (χ0) is 15.2. The van der Waals surface area contributed by atoms with Crippen molar-refractivity contribution in [3.63, 3.8) is 0 Å². The summed E-state index contributed by atoms with van der Waals surface area (Å²) >= 11 is 0. The number of amides is 1. The van der Waals surface area contributed by atoms with Gasteiger partial charge < -0.3 is 4.90 Å². The van der Waals surface area contributed by atoms with E-state index in [0.29, 0.717) is 0 Å². The van der Waals surface area contributed by atoms with Crippen LogP contribution in [0.25, 0.3) is 0 Å². The molecule has 21 heavy (non-hydrogen) atoms. The fourth-order valence-corrected chi connectivity index (χ4v) is 2.02. The number of rotatable bonds is 5. The van der Waals surface area contributed by atoms with E-state index in [4.69, 9.17) is 0 Å². The highest BCUT2D eigenvalue weighted by molar-refractivity contribution is 5.92. The molecule has 1 aromatic heterocycles. The van der Waals surface area contributed by atoms with Gasteiger partial charge in [0.2, 0.25) is 5.91 Å². The van der Waals surface area contributed by atoms with Crippen LogP contribution in [0.3, 0.4) is 0 Å². The molecule has 1 heterocycles. The SMILES string of the molecule is CCCc1cc(=O)n(CC(=O)N(C)c2ccccc2)cn1. The Balaban J connectivity index is 2.11. The summed E-state index contributed by atoms with van der Waals surface area (Å²) in [6.45, 7) is 2.02. The van der Waals surface area contributed by atoms with Crippen molar-refractivity contribution in [1.82, 2.24) is 9.55 Å². The van der Waals surface area contributed by atoms with Crippen molar-refractivity contribution < 1.29 is 4.79 Å². The van der Waals surface area contributed by atoms with E-state index in [9.17, 15) is 9.59 Å². The number of carbonyl (C=O) groups is 1. The van der Waals surface area contributed by atoms with Gasteiger partial charge in [0, 0.05) is 24.5 Å². The fourth-order valence-electron chi connectivity index (χ4n) is 2.02. The van der Waals surface area contributed by atoms with Crippen LogP contribution >= 0.6 is 0 Å². The molecule has 0 unspecified atom stereocenters. The third-order valence-corrected chi connectivity index (χ3v) is 3.27. The summed E-state index contributed by atoms with van der Waals surface area (Å²) in [5, 5.41) is 0. The van der Waals surface area contributed by atoms with Gasteiger partial charge in [-0.1, -0.05) is 31.5 Å². The van der Waals surface area contributed by atoms with Crippen LogP contribution in [0.2, 0.25) is 0 Å². The molecule has 0 saturated heterocycles. The van der Waals surface area contributed by atoms with Gasteiger partial charge in [0.15, 0.2) is 0 Å². The van der Waals surface area contributed by atoms with Gasteiger partial charge in [-0.3, -0.25) is 14.2 Å². The lowest BCUT2D eigenvalue weighted by atomic mass is 10.2. The third-order valence-electron chi connectivity index (χ3n) is 3.27. The van der Waals surface area contributed by atoms with Crippen molar-refractivity contribution in [2.45, 2.75) is 26.3 Å². The quantitative estimate of drug-likeness (QED) is 0.842. The maximum absolute atomic E-state index is 12.2. The lowest BCUT2D eigenvalue weighted by Crippen LogP contribution is -2.34. The van der Waals surface area contributed by atoms with Gasteiger partial charge in [0.25, 0.3) is 5.56 Å². The van der Waals surface area contributed by atoms with Gasteiger partial charge in [0.05, 0.1) is 6.33 Å². The Labute approximate surface area is 123 Å². The summed E-state index contributed by atoms with van der Waals surface area (Å²) in [4.78, 5) is 29.9. The monoisotopic (exact) mass is 285 g/mol. The van der Waals surface area contributed by atoms with Crippen molar-refractivity contribution in [3.8, 4) is 0 Å². The molecular weight excluding hydrogens is 266 g/mol. The Hall–Kier alpha value is -2.43. The van der Waals surface area contributed by atoms with E-state index in [0.717, 1.165) is 24.2 Å². The normalized spacial score (nSPS) is 10.4. The van der Waals surface area contributed by atoms with Crippen LogP contribution in [0, 0.1) is 0 Å². The van der Waals surface area contributed by atoms with E-state index in [-0.39, 0.29) is 18.0 Å². The Bertz CT molecular complexity index is 665. The Morgan fingerprint density at radius 2 is 2.00 bits per heavy atom. The van der Waals surface area contributed by atoms with Crippen LogP contribution in [-0.4, -0.2) is 22.5 Å². The molecule has 0 aliphatic heterocycles. The largest absolute Gasteiger partial charge is 0.314 e. The second-order valence-electron chi connectivity index (χ2n) is 4.88. The summed E-state index contributed by atoms with van der Waals surface area (Å²) in [5.74, 6) is -0.159. The first-order valence-corrected chi connectivity index (χ1v) is 6.98. The van der Waals surface area contributed by atoms with Gasteiger partial charge in [-0.2, -0.15) is 0 Å². The van der Waals surface area contributed by atoms with Gasteiger partial charge in [0.1, 0.15) is 6.54 Å². The zero-order valence-electron chi connectivity index (χ0n) is 12.3. The highest BCUT2D eigenvalue weighted by Crippen LogP contribution is 2.11. The van der Waals surface area contributed by atoms with E-state index < -0.39 is 0 Å². The minimum absolute atomic E-state index is 0.0103. The number of aromatic nitrogens is 2. The molecule has 0 atom stereocenters. The lowest BCUT2D eigenvalue weighted by molar-refractivity contribution is -0.118. The Morgan fingerprint density at radius 1 is 1.29 bits per heavy atom. The molecule has 0 N–H and O–H groups in total. The number of nitrogens with zero attached hydrogens (tertiary/aromatic N) is 3. The fraction of sp³-hybridized carbons (Fsp3) is 0.312. The molecule has 2 rings (SSSR count). The van der Waals surface area contributed by atoms with E-state index in [1.807, 2.05) is 37.3 Å². The van der Waals surface area contributed by atoms with Gasteiger partial charge in [-0.25, -0.2) is 4.98 Å². The first-order chi connectivity index (χ1) is 10.1. The summed E-state index contributed by atoms with van der Waals surface area (Å²) in [7, 11) is 1.70. The highest BCUT2D eigenvalue weighted by Gasteiger charge is 2.12. The van der Waals surface area contributed by atoms with E-state index >= 15 is 0 Å². The number of hydrogen-bond donors (Lipinski definition) is 0. The molecule has 1 amide bonds. The average molecular weight is 285 g/mol. The number of likely N-dealkylation sites (N-methyl/N-ethyl adjacent to an activating group) is 1. The van der Waals surface area contributed by atoms with Gasteiger partial charge in [-0.05, 0) is 18.6 Å². The molecule has 1 aromatic carbocycles. The second-order valence-corrected chi connectivity index (χ2v) is 4.88. The molecule has 0 spiro atoms. The number of anilines is 1. The molecule has 0 saturated carbocycles. The lowest BCUT2D eigenvalue weighted by Gasteiger charge is -2.17. The van der Waals surface area contributed by atoms with Crippen molar-refractivity contribution in [1.29, 1.82) is 0 Å². The minimum Gasteiger partial charge on any atom is -0.314 e. The van der Waals surface area contributed by atoms with Crippen molar-refractivity contribution >= 4 is 11.6 Å². The maximum atomic E-state index is 12.2. The first-order valence-electron chi connectivity index (χ1n) is 6.98. The molecule has 0 radical (unpaired) electrons. The smallest absolute Gasteiger partial charge is 0.253 e. The molecule has 0 fully saturated rings. The van der Waals surface area contributed by atoms with Crippen molar-refractivity contribution in [3.05, 3.63) is 58.8 Å². The number of para-hydroxylation sites is 1. The Morgan fingerprint density at radius 3 is 2.62 bits per heavy atom. The molecule has 0 bridgehead atoms. The molecule has 5 nitrogen and oxygen atoms in total. The molecule has 110 valence electrons. The van der Waals surface area contributed by atoms with E-state index in [1.54, 1.807) is 7.05 Å². The predicted molar refractivity (Wildman–Crippen MR) is 82.3 cm³/mol. The van der Waals surface area contributed by atoms with Crippen LogP contribution in [-0.2, 0) is 17.8 Å². The summed E-state index contributed by atoms with van der Waals surface area (Å²) < 4.78 is 1.33. The number of benzene rings is 1. The summed E-state index contributed by atoms with van der Waals surface area (Å²) in [6, 6.07) is 10.8. The van der Waals surface area contributed by atoms with Crippen LogP contribution in [0.15, 0.2) is 47.5 Å². The molecule has 0 aliphatic carbocycles. The maximum Gasteiger partial charge on any atom is 0.253 e. The van der Waals surface area contributed by atoms with Gasteiger partial charge in [-0.15, -0.1) is 0 Å². The standard InChI is InChI=1S/C16H19N3O2/c1-3-7-13-10-15(20)19(12-17-13)11-16(21)18(2)14-8-5-4-6-9-14/h4-6,8-10,12H,3,7,11H2,1-2H3. The highest BCUT2D eigenvalue weighted by atomic mass is 16.2. The van der Waals surface area contributed by atoms with Crippen LogP contribution in [0.5, 0.6) is 0 Å². The van der Waals surface area contributed by atoms with Crippen LogP contribution in [0.4, 0.5) is 5.69 Å². The minimum atomic E-state index is -0.191. The summed E-state index contributed by atoms with van der Waals surface area (Å²) in [5.41, 5.74) is 1.37. The van der Waals surface area contributed by atoms with Crippen LogP contribution < -0.4 is 10.5 Å². The Kier molecular flexibility index (Phi) is 4.87. The predicted octanol–water partition coefficient (Wildman–Crippen LogP) is 1.86. The van der Waals surface area contributed by atoms with Crippen molar-refractivity contribution in [2.75, 3.05) is 11.9 Å². The first kappa shape index (κ1) is 15.0. The van der Waals surface area contributed by atoms with E-state index in [2.05, 4.69) is 4.98 Å². The number of aryl methyl sites for hydroxylation is 1. The number of carbonyl (C=O) groups excluding carboxylic acids is 1. The zero-order valence-corrected chi connectivity index (χ0v) is 12.3. The molecule has 2 aromatic rings. The number of hydrogen-bond acceptors (Lipinski definition) is 3. The van der Waals surface area contributed by atoms with E-state index in [1.165, 1.54) is 21.9 Å². The average Bonchev–Trinajstić information content (AvgIpc) is 2.50. The third kappa shape index (κ3) is 3.78. The molecule has 0 aliphatic rings. The second kappa shape index (κ2) is 6.83. The summed E-state index contributed by atoms with van der Waals surface area (Å²) in [6.07, 6.45) is 3.16.